The van der Waals surface area contributed by atoms with Gasteiger partial charge in [-0.25, -0.2) is 4.79 Å². The molecule has 2 fully saturated rings. The molecule has 2 aliphatic heterocycles. The fraction of sp³-hybridized carbons (Fsp3) is 0.500. The van der Waals surface area contributed by atoms with E-state index in [0.29, 0.717) is 17.4 Å². The first-order valence-corrected chi connectivity index (χ1v) is 10.4. The number of benzene rings is 1. The zero-order valence-corrected chi connectivity index (χ0v) is 17.7. The van der Waals surface area contributed by atoms with Gasteiger partial charge in [-0.1, -0.05) is 12.1 Å². The molecular formula is C22H25NO8. The van der Waals surface area contributed by atoms with Gasteiger partial charge in [0.15, 0.2) is 17.8 Å². The summed E-state index contributed by atoms with van der Waals surface area (Å²) in [5.41, 5.74) is 0.0225. The molecule has 0 bridgehead atoms. The van der Waals surface area contributed by atoms with Crippen molar-refractivity contribution >= 4 is 22.8 Å². The van der Waals surface area contributed by atoms with Crippen LogP contribution in [-0.4, -0.2) is 60.7 Å². The summed E-state index contributed by atoms with van der Waals surface area (Å²) in [6.45, 7) is 5.71. The van der Waals surface area contributed by atoms with Gasteiger partial charge in [0.1, 0.15) is 18.0 Å². The van der Waals surface area contributed by atoms with Crippen molar-refractivity contribution in [3.63, 3.8) is 0 Å². The maximum Gasteiger partial charge on any atom is 0.347 e. The largest absolute Gasteiger partial charge is 0.483 e. The Bertz CT molecular complexity index is 1060. The van der Waals surface area contributed by atoms with Crippen molar-refractivity contribution < 1.29 is 33.3 Å². The summed E-state index contributed by atoms with van der Waals surface area (Å²) < 4.78 is 29.7. The van der Waals surface area contributed by atoms with Gasteiger partial charge in [0, 0.05) is 18.9 Å². The van der Waals surface area contributed by atoms with Gasteiger partial charge in [0.2, 0.25) is 0 Å². The van der Waals surface area contributed by atoms with Crippen molar-refractivity contribution in [1.29, 1.82) is 0 Å². The second-order valence-electron chi connectivity index (χ2n) is 7.39. The van der Waals surface area contributed by atoms with E-state index in [4.69, 9.17) is 23.7 Å². The molecule has 31 heavy (non-hydrogen) atoms. The highest BCUT2D eigenvalue weighted by molar-refractivity contribution is 5.99. The van der Waals surface area contributed by atoms with Crippen LogP contribution in [0.25, 0.3) is 10.9 Å². The molecule has 0 radical (unpaired) electrons. The summed E-state index contributed by atoms with van der Waals surface area (Å²) in [4.78, 5) is 37.3. The van der Waals surface area contributed by atoms with Crippen LogP contribution < -0.4 is 10.3 Å². The highest BCUT2D eigenvalue weighted by Crippen LogP contribution is 2.35. The minimum absolute atomic E-state index is 0.126. The predicted octanol–water partition coefficient (Wildman–Crippen LogP) is 1.67. The van der Waals surface area contributed by atoms with Gasteiger partial charge in [-0.05, 0) is 26.0 Å². The molecule has 0 amide bonds. The average molecular weight is 431 g/mol. The van der Waals surface area contributed by atoms with Gasteiger partial charge in [-0.3, -0.25) is 9.59 Å². The first-order chi connectivity index (χ1) is 15.0. The van der Waals surface area contributed by atoms with Crippen LogP contribution in [0.4, 0.5) is 0 Å². The summed E-state index contributed by atoms with van der Waals surface area (Å²) in [7, 11) is 0. The average Bonchev–Trinajstić information content (AvgIpc) is 3.31. The fourth-order valence-electron chi connectivity index (χ4n) is 4.19. The van der Waals surface area contributed by atoms with E-state index >= 15 is 0 Å². The molecule has 4 rings (SSSR count). The molecule has 2 aliphatic rings. The number of para-hydroxylation sites is 1. The third kappa shape index (κ3) is 3.79. The van der Waals surface area contributed by atoms with Crippen molar-refractivity contribution in [3.05, 3.63) is 40.2 Å². The summed E-state index contributed by atoms with van der Waals surface area (Å²) >= 11 is 0. The number of carbonyl (C=O) groups excluding carboxylic acids is 2. The van der Waals surface area contributed by atoms with Crippen molar-refractivity contribution in [3.8, 4) is 5.75 Å². The molecule has 9 nitrogen and oxygen atoms in total. The van der Waals surface area contributed by atoms with Crippen LogP contribution in [0.3, 0.4) is 0 Å². The molecule has 9 heteroatoms. The van der Waals surface area contributed by atoms with E-state index in [1.165, 1.54) is 11.5 Å². The second-order valence-corrected chi connectivity index (χ2v) is 7.39. The zero-order chi connectivity index (χ0) is 22.1. The van der Waals surface area contributed by atoms with Gasteiger partial charge >= 0.3 is 11.9 Å². The standard InChI is InChI=1S/C22H25NO8/c1-4-23-14-9-7-6-8-13(14)18(17(21(23)25)22(26)27-5-2)31-16-11-29-19-15(30-12(3)24)10-28-20(16)19/h6-9,15-16,19-20H,4-5,10-11H2,1-3H3/t15-,16-,19+,20+/m0/s1. The monoisotopic (exact) mass is 431 g/mol. The maximum atomic E-state index is 13.2. The number of aryl methyl sites for hydroxylation is 1. The minimum Gasteiger partial charge on any atom is -0.483 e. The molecule has 166 valence electrons. The Morgan fingerprint density at radius 3 is 2.45 bits per heavy atom. The Morgan fingerprint density at radius 2 is 1.77 bits per heavy atom. The lowest BCUT2D eigenvalue weighted by Crippen LogP contribution is -2.37. The quantitative estimate of drug-likeness (QED) is 0.637. The van der Waals surface area contributed by atoms with Gasteiger partial charge in [-0.2, -0.15) is 0 Å². The van der Waals surface area contributed by atoms with Gasteiger partial charge < -0.3 is 28.3 Å². The Hall–Kier alpha value is -2.91. The summed E-state index contributed by atoms with van der Waals surface area (Å²) in [6.07, 6.45) is -2.07. The van der Waals surface area contributed by atoms with Crippen LogP contribution in [0.1, 0.15) is 31.1 Å². The lowest BCUT2D eigenvalue weighted by atomic mass is 10.1. The highest BCUT2D eigenvalue weighted by Gasteiger charge is 2.51. The number of nitrogens with zero attached hydrogens (tertiary/aromatic N) is 1. The number of esters is 2. The lowest BCUT2D eigenvalue weighted by Gasteiger charge is -2.22. The maximum absolute atomic E-state index is 13.2. The van der Waals surface area contributed by atoms with Crippen LogP contribution in [0.15, 0.2) is 29.1 Å². The summed E-state index contributed by atoms with van der Waals surface area (Å²) in [6, 6.07) is 7.23. The normalized spacial score (nSPS) is 24.7. The lowest BCUT2D eigenvalue weighted by molar-refractivity contribution is -0.150. The summed E-state index contributed by atoms with van der Waals surface area (Å²) in [5.74, 6) is -1.01. The zero-order valence-electron chi connectivity index (χ0n) is 17.7. The Balaban J connectivity index is 1.75. The number of aromatic nitrogens is 1. The SMILES string of the molecule is CCOC(=O)c1c(O[C@H]2CO[C@H]3[C@@H]2OC[C@@H]3OC(C)=O)c2ccccc2n(CC)c1=O. The Kier molecular flexibility index (Phi) is 5.97. The molecule has 1 aromatic carbocycles. The molecular weight excluding hydrogens is 406 g/mol. The molecule has 4 atom stereocenters. The number of hydrogen-bond acceptors (Lipinski definition) is 8. The topological polar surface area (TPSA) is 102 Å². The third-order valence-electron chi connectivity index (χ3n) is 5.47. The first-order valence-electron chi connectivity index (χ1n) is 10.4. The van der Waals surface area contributed by atoms with Gasteiger partial charge in [-0.15, -0.1) is 0 Å². The van der Waals surface area contributed by atoms with E-state index in [0.717, 1.165) is 0 Å². The number of hydrogen-bond donors (Lipinski definition) is 0. The van der Waals surface area contributed by atoms with E-state index in [-0.39, 0.29) is 31.1 Å². The Labute approximate surface area is 178 Å². The second kappa shape index (κ2) is 8.68. The molecule has 3 heterocycles. The third-order valence-corrected chi connectivity index (χ3v) is 5.47. The molecule has 0 unspecified atom stereocenters. The van der Waals surface area contributed by atoms with Crippen LogP contribution in [0, 0.1) is 0 Å². The molecule has 2 aromatic rings. The van der Waals surface area contributed by atoms with E-state index < -0.39 is 41.9 Å². The molecule has 0 spiro atoms. The smallest absolute Gasteiger partial charge is 0.347 e. The van der Waals surface area contributed by atoms with E-state index in [1.54, 1.807) is 19.1 Å². The van der Waals surface area contributed by atoms with Crippen molar-refractivity contribution in [2.24, 2.45) is 0 Å². The van der Waals surface area contributed by atoms with Crippen molar-refractivity contribution in [1.82, 2.24) is 4.57 Å². The number of fused-ring (bicyclic) bond motifs is 2. The van der Waals surface area contributed by atoms with Crippen LogP contribution in [0.2, 0.25) is 0 Å². The van der Waals surface area contributed by atoms with Crippen molar-refractivity contribution in [2.75, 3.05) is 19.8 Å². The van der Waals surface area contributed by atoms with E-state index in [2.05, 4.69) is 0 Å². The van der Waals surface area contributed by atoms with Crippen LogP contribution in [0.5, 0.6) is 5.75 Å². The summed E-state index contributed by atoms with van der Waals surface area (Å²) in [5, 5.41) is 0.616. The van der Waals surface area contributed by atoms with E-state index in [1.807, 2.05) is 19.1 Å². The molecule has 1 aromatic heterocycles. The Morgan fingerprint density at radius 1 is 1.10 bits per heavy atom. The molecule has 0 aliphatic carbocycles. The van der Waals surface area contributed by atoms with E-state index in [9.17, 15) is 14.4 Å². The number of pyridine rings is 1. The number of carbonyl (C=O) groups is 2. The molecule has 0 saturated carbocycles. The fourth-order valence-corrected chi connectivity index (χ4v) is 4.19. The van der Waals surface area contributed by atoms with Crippen molar-refractivity contribution in [2.45, 2.75) is 51.7 Å². The predicted molar refractivity (Wildman–Crippen MR) is 109 cm³/mol. The number of ether oxygens (including phenoxy) is 5. The first kappa shape index (κ1) is 21.3. The van der Waals surface area contributed by atoms with Gasteiger partial charge in [0.05, 0.1) is 25.3 Å². The minimum atomic E-state index is -0.740. The molecule has 2 saturated heterocycles. The highest BCUT2D eigenvalue weighted by atomic mass is 16.7. The molecule has 0 N–H and O–H groups in total. The number of rotatable bonds is 6. The van der Waals surface area contributed by atoms with Gasteiger partial charge in [0.25, 0.3) is 5.56 Å². The van der Waals surface area contributed by atoms with Crippen LogP contribution >= 0.6 is 0 Å². The van der Waals surface area contributed by atoms with Crippen LogP contribution in [-0.2, 0) is 30.3 Å².